The average Bonchev–Trinajstić information content (AvgIpc) is 2.37. The third kappa shape index (κ3) is 5.70. The average molecular weight is 266 g/mol. The van der Waals surface area contributed by atoms with E-state index in [0.29, 0.717) is 0 Å². The third-order valence-electron chi connectivity index (χ3n) is 3.56. The molecule has 3 heteroatoms. The fourth-order valence-electron chi connectivity index (χ4n) is 2.02. The molecule has 0 aromatic heterocycles. The van der Waals surface area contributed by atoms with Crippen LogP contribution in [0.15, 0.2) is 24.3 Å². The summed E-state index contributed by atoms with van der Waals surface area (Å²) in [5, 5.41) is 3.43. The summed E-state index contributed by atoms with van der Waals surface area (Å²) in [6.07, 6.45) is 1.20. The van der Waals surface area contributed by atoms with E-state index < -0.39 is 0 Å². The van der Waals surface area contributed by atoms with Gasteiger partial charge in [-0.3, -0.25) is 4.90 Å². The van der Waals surface area contributed by atoms with Crippen molar-refractivity contribution in [3.05, 3.63) is 35.6 Å². The molecule has 0 spiro atoms. The maximum Gasteiger partial charge on any atom is 0.127 e. The van der Waals surface area contributed by atoms with Crippen molar-refractivity contribution < 1.29 is 4.39 Å². The van der Waals surface area contributed by atoms with Gasteiger partial charge in [0.25, 0.3) is 0 Å². The lowest BCUT2D eigenvalue weighted by Crippen LogP contribution is -2.32. The molecule has 1 unspecified atom stereocenters. The highest BCUT2D eigenvalue weighted by Gasteiger charge is 2.14. The van der Waals surface area contributed by atoms with Crippen LogP contribution >= 0.6 is 0 Å². The van der Waals surface area contributed by atoms with Crippen LogP contribution in [0.25, 0.3) is 0 Å². The van der Waals surface area contributed by atoms with Crippen LogP contribution in [0.3, 0.4) is 0 Å². The minimum absolute atomic E-state index is 0.105. The van der Waals surface area contributed by atoms with Crippen molar-refractivity contribution in [3.8, 4) is 0 Å². The Labute approximate surface area is 117 Å². The molecule has 0 bridgehead atoms. The van der Waals surface area contributed by atoms with E-state index in [-0.39, 0.29) is 11.9 Å². The first kappa shape index (κ1) is 16.1. The first-order chi connectivity index (χ1) is 9.02. The van der Waals surface area contributed by atoms with Crippen LogP contribution in [0.1, 0.15) is 38.8 Å². The summed E-state index contributed by atoms with van der Waals surface area (Å²) in [6, 6.07) is 7.12. The Bertz CT molecular complexity index is 366. The lowest BCUT2D eigenvalue weighted by molar-refractivity contribution is 0.255. The molecule has 0 radical (unpaired) electrons. The monoisotopic (exact) mass is 266 g/mol. The molecular weight excluding hydrogens is 239 g/mol. The van der Waals surface area contributed by atoms with Gasteiger partial charge in [-0.05, 0) is 38.9 Å². The molecular formula is C16H27FN2. The fraction of sp³-hybridized carbons (Fsp3) is 0.625. The number of nitrogens with one attached hydrogen (secondary N) is 1. The number of likely N-dealkylation sites (N-methyl/N-ethyl adjacent to an activating group) is 1. The van der Waals surface area contributed by atoms with Crippen molar-refractivity contribution in [2.45, 2.75) is 33.2 Å². The minimum atomic E-state index is -0.116. The molecule has 0 fully saturated rings. The van der Waals surface area contributed by atoms with E-state index in [0.717, 1.165) is 31.1 Å². The quantitative estimate of drug-likeness (QED) is 0.725. The van der Waals surface area contributed by atoms with Gasteiger partial charge in [-0.15, -0.1) is 0 Å². The Kier molecular flexibility index (Phi) is 7.03. The van der Waals surface area contributed by atoms with E-state index in [1.807, 2.05) is 26.1 Å². The van der Waals surface area contributed by atoms with Gasteiger partial charge in [0.2, 0.25) is 0 Å². The highest BCUT2D eigenvalue weighted by atomic mass is 19.1. The second-order valence-electron chi connectivity index (χ2n) is 5.61. The Morgan fingerprint density at radius 3 is 2.47 bits per heavy atom. The summed E-state index contributed by atoms with van der Waals surface area (Å²) >= 11 is 0. The summed E-state index contributed by atoms with van der Waals surface area (Å²) in [7, 11) is 2.04. The van der Waals surface area contributed by atoms with E-state index in [4.69, 9.17) is 0 Å². The molecule has 108 valence electrons. The summed E-state index contributed by atoms with van der Waals surface area (Å²) in [6.45, 7) is 9.43. The van der Waals surface area contributed by atoms with Crippen molar-refractivity contribution >= 4 is 0 Å². The molecule has 1 N–H and O–H groups in total. The second kappa shape index (κ2) is 8.28. The highest BCUT2D eigenvalue weighted by Crippen LogP contribution is 2.20. The molecule has 1 rings (SSSR count). The maximum absolute atomic E-state index is 13.7. The zero-order valence-electron chi connectivity index (χ0n) is 12.6. The van der Waals surface area contributed by atoms with E-state index in [1.165, 1.54) is 12.5 Å². The maximum atomic E-state index is 13.7. The van der Waals surface area contributed by atoms with Gasteiger partial charge < -0.3 is 5.32 Å². The van der Waals surface area contributed by atoms with Gasteiger partial charge in [0, 0.05) is 24.7 Å². The first-order valence-electron chi connectivity index (χ1n) is 7.17. The van der Waals surface area contributed by atoms with Gasteiger partial charge in [-0.1, -0.05) is 32.0 Å². The van der Waals surface area contributed by atoms with Crippen LogP contribution in [0.5, 0.6) is 0 Å². The summed E-state index contributed by atoms with van der Waals surface area (Å²) < 4.78 is 13.7. The van der Waals surface area contributed by atoms with Crippen molar-refractivity contribution in [1.82, 2.24) is 10.2 Å². The van der Waals surface area contributed by atoms with Gasteiger partial charge in [0.1, 0.15) is 5.82 Å². The standard InChI is InChI=1S/C16H27FN2/c1-13(2)9-10-18-11-12-19(4)14(3)15-7-5-6-8-16(15)17/h5-8,13-14,18H,9-12H2,1-4H3. The van der Waals surface area contributed by atoms with Gasteiger partial charge in [0.05, 0.1) is 0 Å². The lowest BCUT2D eigenvalue weighted by atomic mass is 10.1. The molecule has 0 aliphatic carbocycles. The second-order valence-corrected chi connectivity index (χ2v) is 5.61. The largest absolute Gasteiger partial charge is 0.315 e. The predicted molar refractivity (Wildman–Crippen MR) is 79.8 cm³/mol. The van der Waals surface area contributed by atoms with E-state index in [9.17, 15) is 4.39 Å². The van der Waals surface area contributed by atoms with Crippen molar-refractivity contribution in [3.63, 3.8) is 0 Å². The summed E-state index contributed by atoms with van der Waals surface area (Å²) in [5.74, 6) is 0.622. The third-order valence-corrected chi connectivity index (χ3v) is 3.56. The van der Waals surface area contributed by atoms with E-state index >= 15 is 0 Å². The highest BCUT2D eigenvalue weighted by molar-refractivity contribution is 5.20. The minimum Gasteiger partial charge on any atom is -0.315 e. The fourth-order valence-corrected chi connectivity index (χ4v) is 2.02. The lowest BCUT2D eigenvalue weighted by Gasteiger charge is -2.25. The molecule has 1 aromatic rings. The zero-order valence-corrected chi connectivity index (χ0v) is 12.6. The SMILES string of the molecule is CC(C)CCNCCN(C)C(C)c1ccccc1F. The molecule has 0 heterocycles. The topological polar surface area (TPSA) is 15.3 Å². The van der Waals surface area contributed by atoms with Crippen LogP contribution in [0.4, 0.5) is 4.39 Å². The molecule has 0 aliphatic rings. The van der Waals surface area contributed by atoms with Crippen LogP contribution in [0.2, 0.25) is 0 Å². The Balaban J connectivity index is 2.33. The molecule has 0 amide bonds. The molecule has 0 saturated carbocycles. The Morgan fingerprint density at radius 1 is 1.16 bits per heavy atom. The van der Waals surface area contributed by atoms with Crippen LogP contribution in [0, 0.1) is 11.7 Å². The van der Waals surface area contributed by atoms with Gasteiger partial charge in [-0.25, -0.2) is 4.39 Å². The summed E-state index contributed by atoms with van der Waals surface area (Å²) in [4.78, 5) is 2.18. The molecule has 0 aliphatic heterocycles. The number of halogens is 1. The molecule has 2 nitrogen and oxygen atoms in total. The van der Waals surface area contributed by atoms with Gasteiger partial charge >= 0.3 is 0 Å². The number of rotatable bonds is 8. The van der Waals surface area contributed by atoms with Crippen molar-refractivity contribution in [1.29, 1.82) is 0 Å². The van der Waals surface area contributed by atoms with Gasteiger partial charge in [-0.2, -0.15) is 0 Å². The molecule has 0 saturated heterocycles. The number of nitrogens with zero attached hydrogens (tertiary/aromatic N) is 1. The summed E-state index contributed by atoms with van der Waals surface area (Å²) in [5.41, 5.74) is 0.771. The van der Waals surface area contributed by atoms with Gasteiger partial charge in [0.15, 0.2) is 0 Å². The van der Waals surface area contributed by atoms with Crippen LogP contribution < -0.4 is 5.32 Å². The van der Waals surface area contributed by atoms with Crippen LogP contribution in [-0.4, -0.2) is 31.6 Å². The van der Waals surface area contributed by atoms with E-state index in [2.05, 4.69) is 24.1 Å². The number of benzene rings is 1. The molecule has 1 aromatic carbocycles. The zero-order chi connectivity index (χ0) is 14.3. The Morgan fingerprint density at radius 2 is 1.84 bits per heavy atom. The van der Waals surface area contributed by atoms with Crippen molar-refractivity contribution in [2.24, 2.45) is 5.92 Å². The van der Waals surface area contributed by atoms with Crippen LogP contribution in [-0.2, 0) is 0 Å². The normalized spacial score (nSPS) is 13.2. The number of hydrogen-bond acceptors (Lipinski definition) is 2. The molecule has 19 heavy (non-hydrogen) atoms. The predicted octanol–water partition coefficient (Wildman–Crippen LogP) is 3.45. The van der Waals surface area contributed by atoms with Crippen molar-refractivity contribution in [2.75, 3.05) is 26.7 Å². The first-order valence-corrected chi connectivity index (χ1v) is 7.17. The molecule has 1 atom stereocenters. The Hall–Kier alpha value is -0.930. The van der Waals surface area contributed by atoms with E-state index in [1.54, 1.807) is 6.07 Å². The smallest absolute Gasteiger partial charge is 0.127 e. The number of hydrogen-bond donors (Lipinski definition) is 1.